The third kappa shape index (κ3) is 7.47. The molecule has 0 atom stereocenters. The average molecular weight is 512 g/mol. The number of aldehydes is 1. The monoisotopic (exact) mass is 511 g/mol. The Morgan fingerprint density at radius 1 is 1.31 bits per heavy atom. The number of ether oxygens (including phenoxy) is 2. The van der Waals surface area contributed by atoms with Gasteiger partial charge < -0.3 is 9.47 Å². The summed E-state index contributed by atoms with van der Waals surface area (Å²) >= 11 is 6.12. The predicted molar refractivity (Wildman–Crippen MR) is 126 cm³/mol. The highest BCUT2D eigenvalue weighted by Crippen LogP contribution is 2.36. The maximum atomic E-state index is 13.9. The second kappa shape index (κ2) is 11.7. The number of benzene rings is 1. The van der Waals surface area contributed by atoms with Gasteiger partial charge in [-0.2, -0.15) is 9.97 Å². The van der Waals surface area contributed by atoms with Crippen LogP contribution in [0, 0.1) is 15.9 Å². The van der Waals surface area contributed by atoms with E-state index in [1.807, 2.05) is 6.92 Å². The van der Waals surface area contributed by atoms with Crippen LogP contribution in [0.5, 0.6) is 6.01 Å². The quantitative estimate of drug-likeness (QED) is 0.143. The molecule has 0 saturated carbocycles. The largest absolute Gasteiger partial charge is 0.463 e. The van der Waals surface area contributed by atoms with Crippen LogP contribution < -0.4 is 9.75 Å². The maximum absolute atomic E-state index is 13.9. The summed E-state index contributed by atoms with van der Waals surface area (Å²) in [6.45, 7) is 6.92. The number of hydrogen-bond acceptors (Lipinski definition) is 9. The zero-order chi connectivity index (χ0) is 26.3. The van der Waals surface area contributed by atoms with Gasteiger partial charge in [-0.1, -0.05) is 31.0 Å². The van der Waals surface area contributed by atoms with E-state index in [0.717, 1.165) is 22.5 Å². The minimum absolute atomic E-state index is 0.221. The molecule has 0 aliphatic heterocycles. The zero-order valence-corrected chi connectivity index (χ0v) is 20.8. The van der Waals surface area contributed by atoms with Gasteiger partial charge in [0.05, 0.1) is 23.6 Å². The van der Waals surface area contributed by atoms with Gasteiger partial charge in [-0.25, -0.2) is 14.2 Å². The van der Waals surface area contributed by atoms with Crippen LogP contribution in [0.3, 0.4) is 0 Å². The molecule has 0 radical (unpaired) electrons. The molecule has 2 rings (SSSR count). The van der Waals surface area contributed by atoms with Gasteiger partial charge in [0.2, 0.25) is 11.0 Å². The second-order valence-corrected chi connectivity index (χ2v) is 8.82. The molecule has 1 aromatic carbocycles. The van der Waals surface area contributed by atoms with Crippen LogP contribution in [0.15, 0.2) is 18.2 Å². The first-order chi connectivity index (χ1) is 16.4. The topological polar surface area (TPSA) is 128 Å². The molecule has 0 N–H and O–H groups in total. The van der Waals surface area contributed by atoms with E-state index < -0.39 is 33.3 Å². The van der Waals surface area contributed by atoms with E-state index in [-0.39, 0.29) is 30.5 Å². The molecule has 13 heteroatoms. The summed E-state index contributed by atoms with van der Waals surface area (Å²) < 4.78 is 24.7. The molecule has 0 bridgehead atoms. The third-order valence-electron chi connectivity index (χ3n) is 4.50. The number of aromatic nitrogens is 2. The van der Waals surface area contributed by atoms with Crippen LogP contribution in [-0.4, -0.2) is 51.5 Å². The SMILES string of the molecule is CCCCOc1nc(Cl)c([N+](=O)[O-])c(N(Cc2ccc(F)c(C=O)c2)N(C)C(=O)OC(C)(C)C)n1. The minimum Gasteiger partial charge on any atom is -0.463 e. The summed E-state index contributed by atoms with van der Waals surface area (Å²) in [7, 11) is 1.32. The fourth-order valence-corrected chi connectivity index (χ4v) is 3.04. The van der Waals surface area contributed by atoms with E-state index >= 15 is 0 Å². The summed E-state index contributed by atoms with van der Waals surface area (Å²) in [4.78, 5) is 43.2. The van der Waals surface area contributed by atoms with Gasteiger partial charge in [0, 0.05) is 7.05 Å². The zero-order valence-electron chi connectivity index (χ0n) is 20.1. The Morgan fingerprint density at radius 3 is 2.57 bits per heavy atom. The number of hydrazine groups is 1. The Bertz CT molecular complexity index is 1090. The van der Waals surface area contributed by atoms with Crippen molar-refractivity contribution in [2.24, 2.45) is 0 Å². The second-order valence-electron chi connectivity index (χ2n) is 8.46. The first-order valence-corrected chi connectivity index (χ1v) is 11.1. The Balaban J connectivity index is 2.64. The molecule has 0 aliphatic rings. The smallest absolute Gasteiger partial charge is 0.429 e. The van der Waals surface area contributed by atoms with Crippen molar-refractivity contribution in [3.05, 3.63) is 50.4 Å². The van der Waals surface area contributed by atoms with Gasteiger partial charge in [-0.15, -0.1) is 0 Å². The van der Waals surface area contributed by atoms with Gasteiger partial charge in [0.1, 0.15) is 11.4 Å². The van der Waals surface area contributed by atoms with Crippen LogP contribution in [0.2, 0.25) is 5.15 Å². The van der Waals surface area contributed by atoms with Crippen molar-refractivity contribution in [1.29, 1.82) is 0 Å². The number of rotatable bonds is 10. The van der Waals surface area contributed by atoms with Gasteiger partial charge in [0.25, 0.3) is 0 Å². The minimum atomic E-state index is -0.874. The summed E-state index contributed by atoms with van der Waals surface area (Å²) in [5, 5.41) is 13.5. The number of hydrogen-bond donors (Lipinski definition) is 0. The Labute approximate surface area is 206 Å². The molecule has 1 amide bonds. The molecule has 2 aromatic rings. The lowest BCUT2D eigenvalue weighted by molar-refractivity contribution is -0.384. The molecule has 0 spiro atoms. The molecule has 0 unspecified atom stereocenters. The summed E-state index contributed by atoms with van der Waals surface area (Å²) in [5.41, 5.74) is -1.42. The van der Waals surface area contributed by atoms with Gasteiger partial charge in [-0.05, 0) is 44.9 Å². The maximum Gasteiger partial charge on any atom is 0.429 e. The van der Waals surface area contributed by atoms with E-state index in [0.29, 0.717) is 18.3 Å². The molecule has 11 nitrogen and oxygen atoms in total. The van der Waals surface area contributed by atoms with Gasteiger partial charge >= 0.3 is 17.8 Å². The number of anilines is 1. The molecule has 0 saturated heterocycles. The predicted octanol–water partition coefficient (Wildman–Crippen LogP) is 4.96. The molecular formula is C22H27ClFN5O6. The molecule has 1 aromatic heterocycles. The lowest BCUT2D eigenvalue weighted by Gasteiger charge is -2.34. The molecular weight excluding hydrogens is 485 g/mol. The normalized spacial score (nSPS) is 11.1. The Hall–Kier alpha value is -3.54. The van der Waals surface area contributed by atoms with Gasteiger partial charge in [-0.3, -0.25) is 19.9 Å². The summed E-state index contributed by atoms with van der Waals surface area (Å²) in [5.74, 6) is -1.09. The molecule has 190 valence electrons. The van der Waals surface area contributed by atoms with Gasteiger partial charge in [0.15, 0.2) is 6.29 Å². The number of nitrogens with zero attached hydrogens (tertiary/aromatic N) is 5. The summed E-state index contributed by atoms with van der Waals surface area (Å²) in [6, 6.07) is 3.47. The summed E-state index contributed by atoms with van der Waals surface area (Å²) in [6.07, 6.45) is 0.987. The number of carbonyl (C=O) groups is 2. The molecule has 35 heavy (non-hydrogen) atoms. The number of amides is 1. The Morgan fingerprint density at radius 2 is 2.00 bits per heavy atom. The highest BCUT2D eigenvalue weighted by molar-refractivity contribution is 6.32. The van der Waals surface area contributed by atoms with Crippen LogP contribution in [0.1, 0.15) is 56.5 Å². The number of halogens is 2. The standard InChI is InChI=1S/C22H27ClFN5O6/c1-6-7-10-34-20-25-18(23)17(29(32)33)19(26-20)28(27(5)21(31)35-22(2,3)4)12-14-8-9-16(24)15(11-14)13-30/h8-9,11,13H,6-7,10,12H2,1-5H3. The third-order valence-corrected chi connectivity index (χ3v) is 4.76. The number of carbonyl (C=O) groups excluding carboxylic acids is 2. The van der Waals surface area contributed by atoms with Crippen molar-refractivity contribution in [2.75, 3.05) is 18.7 Å². The van der Waals surface area contributed by atoms with Crippen LogP contribution >= 0.6 is 11.6 Å². The highest BCUT2D eigenvalue weighted by atomic mass is 35.5. The first-order valence-electron chi connectivity index (χ1n) is 10.7. The van der Waals surface area contributed by atoms with Crippen molar-refractivity contribution in [1.82, 2.24) is 15.0 Å². The van der Waals surface area contributed by atoms with Crippen LogP contribution in [-0.2, 0) is 11.3 Å². The lowest BCUT2D eigenvalue weighted by Crippen LogP contribution is -2.46. The lowest BCUT2D eigenvalue weighted by atomic mass is 10.1. The molecule has 1 heterocycles. The average Bonchev–Trinajstić information content (AvgIpc) is 2.76. The fraction of sp³-hybridized carbons (Fsp3) is 0.455. The van der Waals surface area contributed by atoms with E-state index in [2.05, 4.69) is 9.97 Å². The molecule has 0 fully saturated rings. The van der Waals surface area contributed by atoms with E-state index in [4.69, 9.17) is 21.1 Å². The van der Waals surface area contributed by atoms with E-state index in [9.17, 15) is 24.1 Å². The highest BCUT2D eigenvalue weighted by Gasteiger charge is 2.34. The van der Waals surface area contributed by atoms with Crippen LogP contribution in [0.4, 0.5) is 20.7 Å². The van der Waals surface area contributed by atoms with Crippen molar-refractivity contribution in [3.63, 3.8) is 0 Å². The molecule has 0 aliphatic carbocycles. The van der Waals surface area contributed by atoms with Crippen molar-refractivity contribution in [2.45, 2.75) is 52.7 Å². The fourth-order valence-electron chi connectivity index (χ4n) is 2.81. The first kappa shape index (κ1) is 27.7. The van der Waals surface area contributed by atoms with E-state index in [1.165, 1.54) is 19.2 Å². The number of nitro groups is 1. The van der Waals surface area contributed by atoms with Crippen molar-refractivity contribution >= 4 is 35.5 Å². The number of unbranched alkanes of at least 4 members (excludes halogenated alkanes) is 1. The Kier molecular flexibility index (Phi) is 9.29. The van der Waals surface area contributed by atoms with Crippen LogP contribution in [0.25, 0.3) is 0 Å². The van der Waals surface area contributed by atoms with Crippen molar-refractivity contribution < 1.29 is 28.4 Å². The van der Waals surface area contributed by atoms with Crippen molar-refractivity contribution in [3.8, 4) is 6.01 Å². The van der Waals surface area contributed by atoms with E-state index in [1.54, 1.807) is 20.8 Å².